The highest BCUT2D eigenvalue weighted by molar-refractivity contribution is 7.19. The van der Waals surface area contributed by atoms with Crippen LogP contribution < -0.4 is 0 Å². The molecular formula is C18H21N5OS. The molecule has 1 atom stereocenters. The van der Waals surface area contributed by atoms with E-state index in [1.54, 1.807) is 15.9 Å². The zero-order valence-electron chi connectivity index (χ0n) is 14.6. The third-order valence-corrected chi connectivity index (χ3v) is 6.68. The van der Waals surface area contributed by atoms with Gasteiger partial charge in [0.05, 0.1) is 5.39 Å². The maximum absolute atomic E-state index is 12.7. The number of fused-ring (bicyclic) bond motifs is 5. The molecule has 1 amide bonds. The van der Waals surface area contributed by atoms with Crippen molar-refractivity contribution in [1.82, 2.24) is 24.5 Å². The number of carbonyl (C=O) groups is 1. The monoisotopic (exact) mass is 355 g/mol. The topological polar surface area (TPSA) is 63.4 Å². The summed E-state index contributed by atoms with van der Waals surface area (Å²) in [5, 5.41) is 5.63. The third kappa shape index (κ3) is 2.21. The third-order valence-electron chi connectivity index (χ3n) is 5.52. The van der Waals surface area contributed by atoms with Gasteiger partial charge in [-0.2, -0.15) is 4.52 Å². The molecule has 0 spiro atoms. The van der Waals surface area contributed by atoms with Crippen molar-refractivity contribution in [2.24, 2.45) is 0 Å². The molecule has 0 aromatic carbocycles. The van der Waals surface area contributed by atoms with Gasteiger partial charge in [-0.1, -0.05) is 6.92 Å². The van der Waals surface area contributed by atoms with Crippen LogP contribution in [0.3, 0.4) is 0 Å². The fourth-order valence-corrected chi connectivity index (χ4v) is 5.61. The van der Waals surface area contributed by atoms with Crippen LogP contribution in [0.15, 0.2) is 0 Å². The van der Waals surface area contributed by atoms with E-state index in [2.05, 4.69) is 17.0 Å². The lowest BCUT2D eigenvalue weighted by Gasteiger charge is -2.18. The van der Waals surface area contributed by atoms with E-state index in [1.807, 2.05) is 11.8 Å². The summed E-state index contributed by atoms with van der Waals surface area (Å²) in [6, 6.07) is 0. The number of amides is 1. The number of rotatable bonds is 1. The minimum atomic E-state index is -0.0501. The maximum Gasteiger partial charge on any atom is 0.293 e. The molecule has 4 heterocycles. The molecule has 3 aromatic heterocycles. The smallest absolute Gasteiger partial charge is 0.293 e. The fraction of sp³-hybridized carbons (Fsp3) is 0.556. The van der Waals surface area contributed by atoms with E-state index in [1.165, 1.54) is 23.3 Å². The first-order chi connectivity index (χ1) is 12.1. The van der Waals surface area contributed by atoms with Gasteiger partial charge in [-0.25, -0.2) is 9.97 Å². The Morgan fingerprint density at radius 2 is 2.00 bits per heavy atom. The van der Waals surface area contributed by atoms with Crippen molar-refractivity contribution in [3.63, 3.8) is 0 Å². The molecule has 5 rings (SSSR count). The number of thiophene rings is 1. The second kappa shape index (κ2) is 5.49. The SMILES string of the molecule is Cc1nc2sc3c(c2c2nc(C(=O)N4CCCC4)nn12)C(C)CCC3. The Kier molecular flexibility index (Phi) is 3.35. The summed E-state index contributed by atoms with van der Waals surface area (Å²) in [5.74, 6) is 1.57. The van der Waals surface area contributed by atoms with Crippen molar-refractivity contribution >= 4 is 33.1 Å². The van der Waals surface area contributed by atoms with E-state index in [4.69, 9.17) is 4.98 Å². The highest BCUT2D eigenvalue weighted by Crippen LogP contribution is 2.42. The number of hydrogen-bond donors (Lipinski definition) is 0. The number of nitrogens with zero attached hydrogens (tertiary/aromatic N) is 5. The number of likely N-dealkylation sites (tertiary alicyclic amines) is 1. The molecule has 6 nitrogen and oxygen atoms in total. The van der Waals surface area contributed by atoms with Crippen LogP contribution in [0.5, 0.6) is 0 Å². The lowest BCUT2D eigenvalue weighted by atomic mass is 9.87. The molecule has 0 bridgehead atoms. The van der Waals surface area contributed by atoms with Crippen LogP contribution in [0, 0.1) is 6.92 Å². The summed E-state index contributed by atoms with van der Waals surface area (Å²) >= 11 is 1.79. The van der Waals surface area contributed by atoms with Gasteiger partial charge in [0.1, 0.15) is 10.7 Å². The summed E-state index contributed by atoms with van der Waals surface area (Å²) in [6.45, 7) is 5.85. The first kappa shape index (κ1) is 15.3. The lowest BCUT2D eigenvalue weighted by molar-refractivity contribution is 0.0781. The molecule has 0 saturated carbocycles. The summed E-state index contributed by atoms with van der Waals surface area (Å²) in [5.41, 5.74) is 2.19. The van der Waals surface area contributed by atoms with Crippen molar-refractivity contribution in [3.8, 4) is 0 Å². The van der Waals surface area contributed by atoms with E-state index in [0.29, 0.717) is 11.7 Å². The average Bonchev–Trinajstić information content (AvgIpc) is 3.32. The van der Waals surface area contributed by atoms with Gasteiger partial charge in [-0.3, -0.25) is 4.79 Å². The van der Waals surface area contributed by atoms with Gasteiger partial charge >= 0.3 is 0 Å². The standard InChI is InChI=1S/C18H21N5OS/c1-10-6-5-7-12-13(10)14-16-20-15(18(24)22-8-3-4-9-22)21-23(16)11(2)19-17(14)25-12/h10H,3-9H2,1-2H3. The average molecular weight is 355 g/mol. The Bertz CT molecular complexity index is 998. The van der Waals surface area contributed by atoms with Crippen LogP contribution in [-0.4, -0.2) is 43.5 Å². The highest BCUT2D eigenvalue weighted by atomic mass is 32.1. The number of carbonyl (C=O) groups excluding carboxylic acids is 1. The van der Waals surface area contributed by atoms with E-state index < -0.39 is 0 Å². The second-order valence-corrected chi connectivity index (χ2v) is 8.33. The normalized spacial score (nSPS) is 20.6. The number of aromatic nitrogens is 4. The minimum Gasteiger partial charge on any atom is -0.336 e. The molecule has 25 heavy (non-hydrogen) atoms. The quantitative estimate of drug-likeness (QED) is 0.672. The van der Waals surface area contributed by atoms with Gasteiger partial charge in [-0.05, 0) is 50.5 Å². The van der Waals surface area contributed by atoms with Crippen molar-refractivity contribution < 1.29 is 4.79 Å². The second-order valence-electron chi connectivity index (χ2n) is 7.24. The molecule has 0 N–H and O–H groups in total. The molecule has 1 fully saturated rings. The molecule has 130 valence electrons. The Balaban J connectivity index is 1.74. The summed E-state index contributed by atoms with van der Waals surface area (Å²) in [4.78, 5) is 26.5. The molecular weight excluding hydrogens is 334 g/mol. The summed E-state index contributed by atoms with van der Waals surface area (Å²) < 4.78 is 1.76. The largest absolute Gasteiger partial charge is 0.336 e. The van der Waals surface area contributed by atoms with E-state index in [-0.39, 0.29) is 5.91 Å². The maximum atomic E-state index is 12.7. The van der Waals surface area contributed by atoms with Crippen molar-refractivity contribution in [1.29, 1.82) is 0 Å². The molecule has 1 aliphatic heterocycles. The predicted octanol–water partition coefficient (Wildman–Crippen LogP) is 3.32. The Labute approximate surface area is 149 Å². The van der Waals surface area contributed by atoms with Gasteiger partial charge < -0.3 is 4.90 Å². The van der Waals surface area contributed by atoms with Gasteiger partial charge in [-0.15, -0.1) is 16.4 Å². The molecule has 1 saturated heterocycles. The van der Waals surface area contributed by atoms with Crippen molar-refractivity contribution in [3.05, 3.63) is 22.1 Å². The Morgan fingerprint density at radius 1 is 1.20 bits per heavy atom. The van der Waals surface area contributed by atoms with Gasteiger partial charge in [0, 0.05) is 18.0 Å². The van der Waals surface area contributed by atoms with Crippen LogP contribution in [0.4, 0.5) is 0 Å². The van der Waals surface area contributed by atoms with E-state index >= 15 is 0 Å². The predicted molar refractivity (Wildman–Crippen MR) is 97.4 cm³/mol. The van der Waals surface area contributed by atoms with Crippen LogP contribution in [-0.2, 0) is 6.42 Å². The van der Waals surface area contributed by atoms with Crippen LogP contribution in [0.25, 0.3) is 15.9 Å². The zero-order valence-corrected chi connectivity index (χ0v) is 15.4. The first-order valence-corrected chi connectivity index (χ1v) is 9.93. The van der Waals surface area contributed by atoms with Crippen molar-refractivity contribution in [2.45, 2.75) is 51.9 Å². The molecule has 1 aliphatic carbocycles. The summed E-state index contributed by atoms with van der Waals surface area (Å²) in [6.07, 6.45) is 5.70. The van der Waals surface area contributed by atoms with Crippen LogP contribution >= 0.6 is 11.3 Å². The highest BCUT2D eigenvalue weighted by Gasteiger charge is 2.28. The van der Waals surface area contributed by atoms with E-state index in [9.17, 15) is 4.79 Å². The lowest BCUT2D eigenvalue weighted by Crippen LogP contribution is -2.28. The molecule has 3 aromatic rings. The van der Waals surface area contributed by atoms with Gasteiger partial charge in [0.15, 0.2) is 5.65 Å². The Hall–Kier alpha value is -2.02. The molecule has 2 aliphatic rings. The minimum absolute atomic E-state index is 0.0501. The molecule has 7 heteroatoms. The molecule has 1 unspecified atom stereocenters. The van der Waals surface area contributed by atoms with Gasteiger partial charge in [0.25, 0.3) is 5.91 Å². The first-order valence-electron chi connectivity index (χ1n) is 9.11. The van der Waals surface area contributed by atoms with Crippen LogP contribution in [0.2, 0.25) is 0 Å². The zero-order chi connectivity index (χ0) is 17.1. The summed E-state index contributed by atoms with van der Waals surface area (Å²) in [7, 11) is 0. The number of hydrogen-bond acceptors (Lipinski definition) is 5. The molecule has 0 radical (unpaired) electrons. The fourth-order valence-electron chi connectivity index (χ4n) is 4.24. The van der Waals surface area contributed by atoms with E-state index in [0.717, 1.165) is 54.0 Å². The van der Waals surface area contributed by atoms with Gasteiger partial charge in [0.2, 0.25) is 5.82 Å². The Morgan fingerprint density at radius 3 is 2.80 bits per heavy atom. The van der Waals surface area contributed by atoms with Crippen molar-refractivity contribution in [2.75, 3.05) is 13.1 Å². The number of aryl methyl sites for hydroxylation is 2. The van der Waals surface area contributed by atoms with Crippen LogP contribution in [0.1, 0.15) is 65.4 Å².